The van der Waals surface area contributed by atoms with E-state index in [1.165, 1.54) is 31.2 Å². The zero-order chi connectivity index (χ0) is 20.2. The highest BCUT2D eigenvalue weighted by atomic mass is 32.2. The molecule has 1 N–H and O–H groups in total. The Balaban J connectivity index is 2.04. The van der Waals surface area contributed by atoms with E-state index in [2.05, 4.69) is 5.32 Å². The van der Waals surface area contributed by atoms with Crippen molar-refractivity contribution in [1.29, 1.82) is 0 Å². The number of Topliss-reactive ketones (excluding diaryl/α,β-unsaturated/α-hetero) is 1. The number of amides is 1. The van der Waals surface area contributed by atoms with Crippen LogP contribution in [0.3, 0.4) is 0 Å². The van der Waals surface area contributed by atoms with Gasteiger partial charge in [0.2, 0.25) is 0 Å². The number of ether oxygens (including phenoxy) is 1. The van der Waals surface area contributed by atoms with Gasteiger partial charge in [0.1, 0.15) is 0 Å². The second-order valence-electron chi connectivity index (χ2n) is 6.01. The Morgan fingerprint density at radius 3 is 2.41 bits per heavy atom. The van der Waals surface area contributed by atoms with Crippen molar-refractivity contribution in [1.82, 2.24) is 0 Å². The number of aryl methyl sites for hydroxylation is 1. The molecule has 2 aromatic rings. The largest absolute Gasteiger partial charge is 0.452 e. The summed E-state index contributed by atoms with van der Waals surface area (Å²) in [6, 6.07) is 10.5. The number of ketones is 1. The van der Waals surface area contributed by atoms with Crippen LogP contribution in [0.15, 0.2) is 47.4 Å². The van der Waals surface area contributed by atoms with Crippen molar-refractivity contribution in [2.45, 2.75) is 18.7 Å². The molecule has 142 valence electrons. The average molecular weight is 389 g/mol. The minimum absolute atomic E-state index is 0.00875. The number of carbonyl (C=O) groups excluding carboxylic acids is 3. The van der Waals surface area contributed by atoms with Crippen LogP contribution in [0.2, 0.25) is 0 Å². The van der Waals surface area contributed by atoms with E-state index >= 15 is 0 Å². The smallest absolute Gasteiger partial charge is 0.338 e. The topological polar surface area (TPSA) is 107 Å². The first-order valence-electron chi connectivity index (χ1n) is 7.96. The van der Waals surface area contributed by atoms with Crippen LogP contribution >= 0.6 is 0 Å². The van der Waals surface area contributed by atoms with E-state index in [0.29, 0.717) is 16.8 Å². The van der Waals surface area contributed by atoms with Gasteiger partial charge in [-0.15, -0.1) is 0 Å². The average Bonchev–Trinajstić information content (AvgIpc) is 2.59. The molecule has 0 heterocycles. The highest BCUT2D eigenvalue weighted by molar-refractivity contribution is 7.90. The third kappa shape index (κ3) is 5.49. The van der Waals surface area contributed by atoms with Gasteiger partial charge in [-0.3, -0.25) is 9.59 Å². The van der Waals surface area contributed by atoms with Gasteiger partial charge in [0, 0.05) is 17.5 Å². The molecule has 27 heavy (non-hydrogen) atoms. The summed E-state index contributed by atoms with van der Waals surface area (Å²) in [4.78, 5) is 35.5. The second-order valence-corrected chi connectivity index (χ2v) is 8.03. The van der Waals surface area contributed by atoms with Gasteiger partial charge in [0.15, 0.2) is 22.2 Å². The predicted octanol–water partition coefficient (Wildman–Crippen LogP) is 2.40. The molecule has 7 nitrogen and oxygen atoms in total. The van der Waals surface area contributed by atoms with Gasteiger partial charge in [-0.05, 0) is 43.7 Å². The van der Waals surface area contributed by atoms with Crippen molar-refractivity contribution in [2.24, 2.45) is 0 Å². The van der Waals surface area contributed by atoms with E-state index in [0.717, 1.165) is 6.26 Å². The van der Waals surface area contributed by atoms with E-state index in [1.54, 1.807) is 25.1 Å². The molecule has 0 aromatic heterocycles. The van der Waals surface area contributed by atoms with Gasteiger partial charge in [0.25, 0.3) is 5.91 Å². The number of esters is 1. The van der Waals surface area contributed by atoms with Gasteiger partial charge in [-0.2, -0.15) is 0 Å². The summed E-state index contributed by atoms with van der Waals surface area (Å²) >= 11 is 0. The fraction of sp³-hybridized carbons (Fsp3) is 0.211. The summed E-state index contributed by atoms with van der Waals surface area (Å²) in [6.45, 7) is 2.50. The van der Waals surface area contributed by atoms with Crippen LogP contribution in [0.5, 0.6) is 0 Å². The van der Waals surface area contributed by atoms with Crippen molar-refractivity contribution >= 4 is 33.2 Å². The van der Waals surface area contributed by atoms with Gasteiger partial charge < -0.3 is 10.1 Å². The van der Waals surface area contributed by atoms with Crippen LogP contribution in [0.25, 0.3) is 0 Å². The third-order valence-electron chi connectivity index (χ3n) is 3.74. The van der Waals surface area contributed by atoms with Gasteiger partial charge in [-0.1, -0.05) is 18.2 Å². The molecule has 0 atom stereocenters. The lowest BCUT2D eigenvalue weighted by molar-refractivity contribution is -0.119. The summed E-state index contributed by atoms with van der Waals surface area (Å²) in [5.74, 6) is -1.52. The maximum atomic E-state index is 12.2. The van der Waals surface area contributed by atoms with Crippen molar-refractivity contribution in [3.05, 3.63) is 59.2 Å². The van der Waals surface area contributed by atoms with Crippen LogP contribution < -0.4 is 5.32 Å². The lowest BCUT2D eigenvalue weighted by Gasteiger charge is -2.10. The lowest BCUT2D eigenvalue weighted by atomic mass is 10.1. The summed E-state index contributed by atoms with van der Waals surface area (Å²) in [5.41, 5.74) is 1.45. The van der Waals surface area contributed by atoms with E-state index in [9.17, 15) is 22.8 Å². The number of carbonyl (C=O) groups is 3. The molecule has 0 radical (unpaired) electrons. The van der Waals surface area contributed by atoms with Gasteiger partial charge >= 0.3 is 5.97 Å². The zero-order valence-electron chi connectivity index (χ0n) is 15.1. The molecule has 8 heteroatoms. The summed E-state index contributed by atoms with van der Waals surface area (Å²) in [6.07, 6.45) is 1.04. The van der Waals surface area contributed by atoms with Gasteiger partial charge in [-0.25, -0.2) is 13.2 Å². The van der Waals surface area contributed by atoms with Crippen LogP contribution in [-0.2, 0) is 19.4 Å². The third-order valence-corrected chi connectivity index (χ3v) is 4.85. The number of benzene rings is 2. The second kappa shape index (κ2) is 8.13. The molecule has 0 saturated carbocycles. The molecule has 0 unspecified atom stereocenters. The number of hydrogen-bond donors (Lipinski definition) is 1. The molecule has 1 amide bonds. The maximum absolute atomic E-state index is 12.2. The molecule has 0 aliphatic rings. The molecule has 0 aliphatic heterocycles. The summed E-state index contributed by atoms with van der Waals surface area (Å²) in [7, 11) is -3.47. The Labute approximate surface area is 157 Å². The molecular weight excluding hydrogens is 370 g/mol. The van der Waals surface area contributed by atoms with Crippen molar-refractivity contribution in [2.75, 3.05) is 18.2 Å². The molecule has 2 rings (SSSR count). The number of sulfone groups is 1. The van der Waals surface area contributed by atoms with E-state index in [-0.39, 0.29) is 16.2 Å². The van der Waals surface area contributed by atoms with Crippen molar-refractivity contribution in [3.63, 3.8) is 0 Å². The Kier molecular flexibility index (Phi) is 6.12. The Morgan fingerprint density at radius 2 is 1.78 bits per heavy atom. The van der Waals surface area contributed by atoms with Crippen LogP contribution in [0, 0.1) is 6.92 Å². The minimum atomic E-state index is -3.47. The maximum Gasteiger partial charge on any atom is 0.338 e. The van der Waals surface area contributed by atoms with Crippen LogP contribution in [0.4, 0.5) is 5.69 Å². The SMILES string of the molecule is CC(=O)c1cccc(NC(=O)COC(=O)c2cc(S(C)(=O)=O)ccc2C)c1. The highest BCUT2D eigenvalue weighted by Crippen LogP contribution is 2.17. The first-order valence-corrected chi connectivity index (χ1v) is 9.86. The standard InChI is InChI=1S/C19H19NO6S/c1-12-7-8-16(27(3,24)25)10-17(12)19(23)26-11-18(22)20-15-6-4-5-14(9-15)13(2)21/h4-10H,11H2,1-3H3,(H,20,22). The Morgan fingerprint density at radius 1 is 1.07 bits per heavy atom. The normalized spacial score (nSPS) is 10.9. The summed E-state index contributed by atoms with van der Waals surface area (Å²) < 4.78 is 28.2. The monoisotopic (exact) mass is 389 g/mol. The fourth-order valence-corrected chi connectivity index (χ4v) is 2.92. The van der Waals surface area contributed by atoms with E-state index in [1.807, 2.05) is 0 Å². The first kappa shape index (κ1) is 20.3. The Hall–Kier alpha value is -3.00. The van der Waals surface area contributed by atoms with Crippen molar-refractivity contribution in [3.8, 4) is 0 Å². The summed E-state index contributed by atoms with van der Waals surface area (Å²) in [5, 5.41) is 2.53. The molecule has 0 aliphatic carbocycles. The number of anilines is 1. The van der Waals surface area contributed by atoms with E-state index < -0.39 is 28.3 Å². The molecule has 0 spiro atoms. The van der Waals surface area contributed by atoms with Crippen LogP contribution in [0.1, 0.15) is 33.2 Å². The highest BCUT2D eigenvalue weighted by Gasteiger charge is 2.17. The molecular formula is C19H19NO6S. The first-order chi connectivity index (χ1) is 12.6. The molecule has 0 fully saturated rings. The fourth-order valence-electron chi connectivity index (χ4n) is 2.27. The zero-order valence-corrected chi connectivity index (χ0v) is 15.9. The lowest BCUT2D eigenvalue weighted by Crippen LogP contribution is -2.21. The number of rotatable bonds is 6. The Bertz CT molecular complexity index is 1010. The number of hydrogen-bond acceptors (Lipinski definition) is 6. The van der Waals surface area contributed by atoms with Crippen LogP contribution in [-0.4, -0.2) is 38.9 Å². The minimum Gasteiger partial charge on any atom is -0.452 e. The van der Waals surface area contributed by atoms with Gasteiger partial charge in [0.05, 0.1) is 10.5 Å². The van der Waals surface area contributed by atoms with E-state index in [4.69, 9.17) is 4.74 Å². The quantitative estimate of drug-likeness (QED) is 0.601. The molecule has 0 saturated heterocycles. The van der Waals surface area contributed by atoms with Crippen molar-refractivity contribution < 1.29 is 27.5 Å². The molecule has 0 bridgehead atoms. The predicted molar refractivity (Wildman–Crippen MR) is 99.6 cm³/mol. The molecule has 2 aromatic carbocycles. The number of nitrogens with one attached hydrogen (secondary N) is 1.